The Labute approximate surface area is 175 Å². The van der Waals surface area contributed by atoms with Crippen molar-refractivity contribution in [2.45, 2.75) is 18.5 Å². The van der Waals surface area contributed by atoms with Gasteiger partial charge in [-0.2, -0.15) is 0 Å². The molecule has 0 saturated carbocycles. The highest BCUT2D eigenvalue weighted by Gasteiger charge is 2.39. The smallest absolute Gasteiger partial charge is 0.226 e. The number of nitrogens with one attached hydrogen (secondary N) is 2. The SMILES string of the molecule is Cn1ccc(C2C(c3ccccn3)NC(=S)N2CCC(=O)Nc2ccccc2)c1. The van der Waals surface area contributed by atoms with Crippen LogP contribution < -0.4 is 10.6 Å². The number of nitrogens with zero attached hydrogens (tertiary/aromatic N) is 3. The number of pyridine rings is 1. The molecule has 1 aliphatic rings. The van der Waals surface area contributed by atoms with E-state index in [1.165, 1.54) is 0 Å². The molecule has 4 rings (SSSR count). The van der Waals surface area contributed by atoms with Gasteiger partial charge in [0.1, 0.15) is 0 Å². The molecule has 3 heterocycles. The molecule has 1 amide bonds. The van der Waals surface area contributed by atoms with Gasteiger partial charge in [-0.1, -0.05) is 24.3 Å². The van der Waals surface area contributed by atoms with E-state index in [-0.39, 0.29) is 18.0 Å². The van der Waals surface area contributed by atoms with E-state index >= 15 is 0 Å². The van der Waals surface area contributed by atoms with Crippen molar-refractivity contribution in [3.63, 3.8) is 0 Å². The van der Waals surface area contributed by atoms with Crippen LogP contribution in [0, 0.1) is 0 Å². The first-order valence-electron chi connectivity index (χ1n) is 9.56. The van der Waals surface area contributed by atoms with E-state index in [9.17, 15) is 4.79 Å². The lowest BCUT2D eigenvalue weighted by Gasteiger charge is -2.27. The Balaban J connectivity index is 1.52. The first kappa shape index (κ1) is 19.1. The van der Waals surface area contributed by atoms with Crippen LogP contribution in [-0.4, -0.2) is 32.0 Å². The molecule has 2 atom stereocenters. The molecule has 0 radical (unpaired) electrons. The van der Waals surface area contributed by atoms with Crippen LogP contribution in [0.5, 0.6) is 0 Å². The predicted molar refractivity (Wildman–Crippen MR) is 117 cm³/mol. The Bertz CT molecular complexity index is 989. The van der Waals surface area contributed by atoms with Crippen LogP contribution in [0.2, 0.25) is 0 Å². The summed E-state index contributed by atoms with van der Waals surface area (Å²) in [6.07, 6.45) is 6.24. The third-order valence-corrected chi connectivity index (χ3v) is 5.38. The van der Waals surface area contributed by atoms with Crippen molar-refractivity contribution in [2.75, 3.05) is 11.9 Å². The maximum Gasteiger partial charge on any atom is 0.226 e. The Morgan fingerprint density at radius 2 is 1.97 bits per heavy atom. The van der Waals surface area contributed by atoms with Crippen molar-refractivity contribution in [2.24, 2.45) is 7.05 Å². The number of para-hydroxylation sites is 1. The van der Waals surface area contributed by atoms with Gasteiger partial charge in [0.25, 0.3) is 0 Å². The molecule has 0 spiro atoms. The van der Waals surface area contributed by atoms with Gasteiger partial charge in [0.2, 0.25) is 5.91 Å². The zero-order valence-electron chi connectivity index (χ0n) is 16.2. The van der Waals surface area contributed by atoms with Gasteiger partial charge >= 0.3 is 0 Å². The highest BCUT2D eigenvalue weighted by Crippen LogP contribution is 2.38. The number of aromatic nitrogens is 2. The van der Waals surface area contributed by atoms with Crippen LogP contribution in [0.25, 0.3) is 0 Å². The molecule has 7 heteroatoms. The topological polar surface area (TPSA) is 62.2 Å². The summed E-state index contributed by atoms with van der Waals surface area (Å²) in [7, 11) is 2.00. The van der Waals surface area contributed by atoms with Crippen LogP contribution in [-0.2, 0) is 11.8 Å². The Morgan fingerprint density at radius 3 is 2.66 bits per heavy atom. The van der Waals surface area contributed by atoms with Gasteiger partial charge in [-0.15, -0.1) is 0 Å². The first-order chi connectivity index (χ1) is 14.1. The summed E-state index contributed by atoms with van der Waals surface area (Å²) < 4.78 is 2.02. The van der Waals surface area contributed by atoms with Gasteiger partial charge in [0, 0.05) is 44.3 Å². The third kappa shape index (κ3) is 4.30. The standard InChI is InChI=1S/C22H23N5OS/c1-26-13-10-16(15-26)21-20(18-9-5-6-12-23-18)25-22(29)27(21)14-11-19(28)24-17-7-3-2-4-8-17/h2-10,12-13,15,20-21H,11,14H2,1H3,(H,24,28)(H,25,29). The Kier molecular flexibility index (Phi) is 5.57. The summed E-state index contributed by atoms with van der Waals surface area (Å²) >= 11 is 5.63. The Hall–Kier alpha value is -3.19. The minimum Gasteiger partial charge on any atom is -0.357 e. The van der Waals surface area contributed by atoms with E-state index in [1.807, 2.05) is 66.3 Å². The van der Waals surface area contributed by atoms with Gasteiger partial charge in [0.15, 0.2) is 5.11 Å². The summed E-state index contributed by atoms with van der Waals surface area (Å²) in [5.74, 6) is -0.0351. The lowest BCUT2D eigenvalue weighted by atomic mass is 9.99. The Morgan fingerprint density at radius 1 is 1.17 bits per heavy atom. The zero-order valence-corrected chi connectivity index (χ0v) is 17.0. The zero-order chi connectivity index (χ0) is 20.2. The molecule has 2 N–H and O–H groups in total. The number of carbonyl (C=O) groups is 1. The van der Waals surface area contributed by atoms with Gasteiger partial charge in [-0.05, 0) is 48.1 Å². The lowest BCUT2D eigenvalue weighted by molar-refractivity contribution is -0.116. The van der Waals surface area contributed by atoms with E-state index in [0.717, 1.165) is 16.9 Å². The lowest BCUT2D eigenvalue weighted by Crippen LogP contribution is -2.32. The van der Waals surface area contributed by atoms with Gasteiger partial charge < -0.3 is 20.1 Å². The molecule has 2 unspecified atom stereocenters. The molecule has 29 heavy (non-hydrogen) atoms. The molecule has 0 aliphatic carbocycles. The highest BCUT2D eigenvalue weighted by molar-refractivity contribution is 7.80. The fourth-order valence-corrected chi connectivity index (χ4v) is 4.01. The summed E-state index contributed by atoms with van der Waals surface area (Å²) in [5, 5.41) is 6.98. The molecule has 1 aromatic carbocycles. The molecule has 148 valence electrons. The number of rotatable bonds is 6. The van der Waals surface area contributed by atoms with E-state index in [0.29, 0.717) is 18.1 Å². The van der Waals surface area contributed by atoms with Crippen molar-refractivity contribution < 1.29 is 4.79 Å². The van der Waals surface area contributed by atoms with E-state index in [2.05, 4.69) is 32.8 Å². The van der Waals surface area contributed by atoms with Gasteiger partial charge in [-0.3, -0.25) is 9.78 Å². The number of hydrogen-bond donors (Lipinski definition) is 2. The summed E-state index contributed by atoms with van der Waals surface area (Å²) in [5.41, 5.74) is 2.87. The average Bonchev–Trinajstić information content (AvgIpc) is 3.30. The molecule has 1 fully saturated rings. The van der Waals surface area contributed by atoms with Crippen LogP contribution in [0.4, 0.5) is 5.69 Å². The molecular weight excluding hydrogens is 382 g/mol. The summed E-state index contributed by atoms with van der Waals surface area (Å²) in [4.78, 5) is 19.1. The maximum absolute atomic E-state index is 12.5. The summed E-state index contributed by atoms with van der Waals surface area (Å²) in [6.45, 7) is 0.521. The second-order valence-electron chi connectivity index (χ2n) is 7.09. The number of anilines is 1. The number of aryl methyl sites for hydroxylation is 1. The molecular formula is C22H23N5OS. The minimum absolute atomic E-state index is 0.0249. The highest BCUT2D eigenvalue weighted by atomic mass is 32.1. The second kappa shape index (κ2) is 8.45. The van der Waals surface area contributed by atoms with Crippen LogP contribution in [0.3, 0.4) is 0 Å². The molecule has 1 aliphatic heterocycles. The van der Waals surface area contributed by atoms with Crippen molar-refractivity contribution in [1.29, 1.82) is 0 Å². The van der Waals surface area contributed by atoms with Crippen LogP contribution in [0.1, 0.15) is 29.8 Å². The fourth-order valence-electron chi connectivity index (χ4n) is 3.68. The number of benzene rings is 1. The molecule has 0 bridgehead atoms. The summed E-state index contributed by atoms with van der Waals surface area (Å²) in [6, 6.07) is 17.4. The van der Waals surface area contributed by atoms with Crippen LogP contribution >= 0.6 is 12.2 Å². The van der Waals surface area contributed by atoms with Crippen molar-refractivity contribution >= 4 is 28.9 Å². The molecule has 6 nitrogen and oxygen atoms in total. The minimum atomic E-state index is -0.0664. The quantitative estimate of drug-likeness (QED) is 0.616. The van der Waals surface area contributed by atoms with Crippen molar-refractivity contribution in [1.82, 2.24) is 19.8 Å². The largest absolute Gasteiger partial charge is 0.357 e. The maximum atomic E-state index is 12.5. The normalized spacial score (nSPS) is 18.5. The van der Waals surface area contributed by atoms with Gasteiger partial charge in [-0.25, -0.2) is 0 Å². The van der Waals surface area contributed by atoms with Gasteiger partial charge in [0.05, 0.1) is 17.8 Å². The van der Waals surface area contributed by atoms with Crippen molar-refractivity contribution in [3.05, 3.63) is 84.4 Å². The monoisotopic (exact) mass is 405 g/mol. The third-order valence-electron chi connectivity index (χ3n) is 5.03. The predicted octanol–water partition coefficient (Wildman–Crippen LogP) is 3.42. The molecule has 1 saturated heterocycles. The van der Waals surface area contributed by atoms with E-state index in [4.69, 9.17) is 12.2 Å². The fraction of sp³-hybridized carbons (Fsp3) is 0.227. The van der Waals surface area contributed by atoms with Crippen LogP contribution in [0.15, 0.2) is 73.2 Å². The average molecular weight is 406 g/mol. The number of amides is 1. The van der Waals surface area contributed by atoms with Crippen molar-refractivity contribution in [3.8, 4) is 0 Å². The van der Waals surface area contributed by atoms with E-state index in [1.54, 1.807) is 6.20 Å². The van der Waals surface area contributed by atoms with E-state index < -0.39 is 0 Å². The number of thiocarbonyl (C=S) groups is 1. The number of carbonyl (C=O) groups excluding carboxylic acids is 1. The molecule has 2 aromatic heterocycles. The second-order valence-corrected chi connectivity index (χ2v) is 7.48. The first-order valence-corrected chi connectivity index (χ1v) is 9.97. The molecule has 3 aromatic rings. The number of hydrogen-bond acceptors (Lipinski definition) is 3.